The van der Waals surface area contributed by atoms with E-state index in [2.05, 4.69) is 15.6 Å². The van der Waals surface area contributed by atoms with Crippen LogP contribution in [0.3, 0.4) is 0 Å². The van der Waals surface area contributed by atoms with Crippen LogP contribution in [0.2, 0.25) is 0 Å². The van der Waals surface area contributed by atoms with Crippen LogP contribution in [-0.4, -0.2) is 16.8 Å². The highest BCUT2D eigenvalue weighted by Crippen LogP contribution is 2.30. The maximum atomic E-state index is 12.4. The molecule has 2 aromatic rings. The van der Waals surface area contributed by atoms with Crippen LogP contribution in [0.5, 0.6) is 0 Å². The SMILES string of the molecule is C/C(=C\C(=O)Nc1ccccc1NC(=O)c1cccnc1)C1CCCC1. The van der Waals surface area contributed by atoms with Crippen molar-refractivity contribution in [2.45, 2.75) is 32.6 Å². The molecule has 134 valence electrons. The number of carbonyl (C=O) groups is 2. The van der Waals surface area contributed by atoms with Crippen molar-refractivity contribution in [3.05, 3.63) is 66.0 Å². The van der Waals surface area contributed by atoms with Crippen molar-refractivity contribution in [2.75, 3.05) is 10.6 Å². The van der Waals surface area contributed by atoms with Crippen molar-refractivity contribution in [3.63, 3.8) is 0 Å². The molecule has 1 fully saturated rings. The minimum atomic E-state index is -0.266. The molecule has 1 aromatic heterocycles. The number of carbonyl (C=O) groups excluding carboxylic acids is 2. The zero-order valence-electron chi connectivity index (χ0n) is 14.9. The first-order chi connectivity index (χ1) is 12.6. The quantitative estimate of drug-likeness (QED) is 0.786. The first kappa shape index (κ1) is 17.9. The number of hydrogen-bond donors (Lipinski definition) is 2. The van der Waals surface area contributed by atoms with E-state index >= 15 is 0 Å². The summed E-state index contributed by atoms with van der Waals surface area (Å²) in [5, 5.41) is 5.70. The van der Waals surface area contributed by atoms with Gasteiger partial charge in [-0.2, -0.15) is 0 Å². The first-order valence-corrected chi connectivity index (χ1v) is 8.93. The Kier molecular flexibility index (Phi) is 5.79. The topological polar surface area (TPSA) is 71.1 Å². The number of pyridine rings is 1. The molecular formula is C21H23N3O2. The van der Waals surface area contributed by atoms with Crippen molar-refractivity contribution >= 4 is 23.2 Å². The normalized spacial score (nSPS) is 14.9. The molecule has 26 heavy (non-hydrogen) atoms. The Morgan fingerprint density at radius 1 is 1.04 bits per heavy atom. The van der Waals surface area contributed by atoms with Crippen LogP contribution >= 0.6 is 0 Å². The van der Waals surface area contributed by atoms with Gasteiger partial charge in [0.2, 0.25) is 5.91 Å². The molecular weight excluding hydrogens is 326 g/mol. The lowest BCUT2D eigenvalue weighted by atomic mass is 9.99. The lowest BCUT2D eigenvalue weighted by Crippen LogP contribution is -2.16. The summed E-state index contributed by atoms with van der Waals surface area (Å²) in [6.07, 6.45) is 9.59. The predicted molar refractivity (Wildman–Crippen MR) is 103 cm³/mol. The molecule has 0 spiro atoms. The molecule has 1 aromatic carbocycles. The Bertz CT molecular complexity index is 809. The number of allylic oxidation sites excluding steroid dienone is 1. The average Bonchev–Trinajstić information content (AvgIpc) is 3.19. The average molecular weight is 349 g/mol. The van der Waals surface area contributed by atoms with Gasteiger partial charge in [0.15, 0.2) is 0 Å². The Balaban J connectivity index is 1.70. The highest BCUT2D eigenvalue weighted by atomic mass is 16.2. The summed E-state index contributed by atoms with van der Waals surface area (Å²) in [4.78, 5) is 28.7. The van der Waals surface area contributed by atoms with Gasteiger partial charge in [-0.15, -0.1) is 0 Å². The Hall–Kier alpha value is -2.95. The van der Waals surface area contributed by atoms with E-state index in [9.17, 15) is 9.59 Å². The van der Waals surface area contributed by atoms with Crippen molar-refractivity contribution < 1.29 is 9.59 Å². The third-order valence-corrected chi connectivity index (χ3v) is 4.71. The van der Waals surface area contributed by atoms with Gasteiger partial charge in [-0.25, -0.2) is 0 Å². The van der Waals surface area contributed by atoms with Crippen LogP contribution in [0.1, 0.15) is 43.0 Å². The molecule has 0 bridgehead atoms. The second kappa shape index (κ2) is 8.43. The Morgan fingerprint density at radius 2 is 1.73 bits per heavy atom. The van der Waals surface area contributed by atoms with Gasteiger partial charge in [-0.1, -0.05) is 30.5 Å². The molecule has 1 saturated carbocycles. The largest absolute Gasteiger partial charge is 0.321 e. The molecule has 5 heteroatoms. The third-order valence-electron chi connectivity index (χ3n) is 4.71. The van der Waals surface area contributed by atoms with Gasteiger partial charge >= 0.3 is 0 Å². The van der Waals surface area contributed by atoms with Gasteiger partial charge < -0.3 is 10.6 Å². The highest BCUT2D eigenvalue weighted by Gasteiger charge is 2.17. The maximum Gasteiger partial charge on any atom is 0.257 e. The summed E-state index contributed by atoms with van der Waals surface area (Å²) in [5.41, 5.74) is 2.72. The van der Waals surface area contributed by atoms with E-state index < -0.39 is 0 Å². The van der Waals surface area contributed by atoms with E-state index in [1.54, 1.807) is 36.5 Å². The van der Waals surface area contributed by atoms with E-state index in [4.69, 9.17) is 0 Å². The summed E-state index contributed by atoms with van der Waals surface area (Å²) in [6, 6.07) is 10.6. The molecule has 0 aliphatic heterocycles. The van der Waals surface area contributed by atoms with Crippen LogP contribution in [0.25, 0.3) is 0 Å². The van der Waals surface area contributed by atoms with Crippen LogP contribution in [0.4, 0.5) is 11.4 Å². The van der Waals surface area contributed by atoms with Crippen molar-refractivity contribution in [3.8, 4) is 0 Å². The summed E-state index contributed by atoms with van der Waals surface area (Å²) >= 11 is 0. The number of para-hydroxylation sites is 2. The van der Waals surface area contributed by atoms with Crippen molar-refractivity contribution in [1.82, 2.24) is 4.98 Å². The fourth-order valence-corrected chi connectivity index (χ4v) is 3.27. The second-order valence-corrected chi connectivity index (χ2v) is 6.60. The van der Waals surface area contributed by atoms with Gasteiger partial charge in [0, 0.05) is 18.5 Å². The summed E-state index contributed by atoms with van der Waals surface area (Å²) < 4.78 is 0. The summed E-state index contributed by atoms with van der Waals surface area (Å²) in [7, 11) is 0. The lowest BCUT2D eigenvalue weighted by Gasteiger charge is -2.13. The molecule has 5 nitrogen and oxygen atoms in total. The highest BCUT2D eigenvalue weighted by molar-refractivity contribution is 6.08. The molecule has 1 aliphatic rings. The fraction of sp³-hybridized carbons (Fsp3) is 0.286. The van der Waals surface area contributed by atoms with Crippen LogP contribution < -0.4 is 10.6 Å². The molecule has 0 atom stereocenters. The number of anilines is 2. The van der Waals surface area contributed by atoms with E-state index in [-0.39, 0.29) is 11.8 Å². The molecule has 0 unspecified atom stereocenters. The smallest absolute Gasteiger partial charge is 0.257 e. The fourth-order valence-electron chi connectivity index (χ4n) is 3.27. The minimum Gasteiger partial charge on any atom is -0.321 e. The first-order valence-electron chi connectivity index (χ1n) is 8.93. The number of amides is 2. The van der Waals surface area contributed by atoms with Gasteiger partial charge in [0.25, 0.3) is 5.91 Å². The molecule has 0 radical (unpaired) electrons. The summed E-state index contributed by atoms with van der Waals surface area (Å²) in [6.45, 7) is 2.02. The van der Waals surface area contributed by atoms with Crippen LogP contribution in [0.15, 0.2) is 60.4 Å². The van der Waals surface area contributed by atoms with E-state index in [1.165, 1.54) is 19.0 Å². The van der Waals surface area contributed by atoms with E-state index in [0.717, 1.165) is 18.4 Å². The van der Waals surface area contributed by atoms with E-state index in [1.807, 2.05) is 19.1 Å². The Morgan fingerprint density at radius 3 is 2.38 bits per heavy atom. The molecule has 3 rings (SSSR count). The number of benzene rings is 1. The maximum absolute atomic E-state index is 12.4. The van der Waals surface area contributed by atoms with E-state index in [0.29, 0.717) is 22.9 Å². The van der Waals surface area contributed by atoms with Crippen molar-refractivity contribution in [2.24, 2.45) is 5.92 Å². The molecule has 2 amide bonds. The Labute approximate surface area is 153 Å². The van der Waals surface area contributed by atoms with Gasteiger partial charge in [0.1, 0.15) is 0 Å². The molecule has 1 heterocycles. The summed E-state index contributed by atoms with van der Waals surface area (Å²) in [5.74, 6) is 0.0798. The molecule has 0 saturated heterocycles. The monoisotopic (exact) mass is 349 g/mol. The minimum absolute atomic E-state index is 0.169. The van der Waals surface area contributed by atoms with Gasteiger partial charge in [-0.05, 0) is 49.9 Å². The van der Waals surface area contributed by atoms with Crippen LogP contribution in [0, 0.1) is 5.92 Å². The number of hydrogen-bond acceptors (Lipinski definition) is 3. The zero-order chi connectivity index (χ0) is 18.4. The number of aromatic nitrogens is 1. The van der Waals surface area contributed by atoms with Crippen LogP contribution in [-0.2, 0) is 4.79 Å². The zero-order valence-corrected chi connectivity index (χ0v) is 14.9. The number of rotatable bonds is 5. The van der Waals surface area contributed by atoms with Gasteiger partial charge in [0.05, 0.1) is 16.9 Å². The van der Waals surface area contributed by atoms with Gasteiger partial charge in [-0.3, -0.25) is 14.6 Å². The molecule has 1 aliphatic carbocycles. The lowest BCUT2D eigenvalue weighted by molar-refractivity contribution is -0.112. The number of nitrogens with one attached hydrogen (secondary N) is 2. The second-order valence-electron chi connectivity index (χ2n) is 6.60. The van der Waals surface area contributed by atoms with Crippen molar-refractivity contribution in [1.29, 1.82) is 0 Å². The number of nitrogens with zero attached hydrogens (tertiary/aromatic N) is 1. The predicted octanol–water partition coefficient (Wildman–Crippen LogP) is 4.41. The third kappa shape index (κ3) is 4.57. The molecule has 2 N–H and O–H groups in total. The standard InChI is InChI=1S/C21H23N3O2/c1-15(16-7-2-3-8-16)13-20(25)23-18-10-4-5-11-19(18)24-21(26)17-9-6-12-22-14-17/h4-6,9-14,16H,2-3,7-8H2,1H3,(H,23,25)(H,24,26)/b15-13+.